The summed E-state index contributed by atoms with van der Waals surface area (Å²) in [5, 5.41) is 1.99. The van der Waals surface area contributed by atoms with Gasteiger partial charge in [0.2, 0.25) is 0 Å². The molecule has 0 bridgehead atoms. The van der Waals surface area contributed by atoms with Gasteiger partial charge in [-0.25, -0.2) is 4.98 Å². The van der Waals surface area contributed by atoms with Gasteiger partial charge in [0.15, 0.2) is 5.13 Å². The summed E-state index contributed by atoms with van der Waals surface area (Å²) in [5.74, 6) is 0. The predicted octanol–water partition coefficient (Wildman–Crippen LogP) is 3.32. The largest absolute Gasteiger partial charge is 0.375 e. The summed E-state index contributed by atoms with van der Waals surface area (Å²) < 4.78 is 0. The van der Waals surface area contributed by atoms with Gasteiger partial charge in [-0.3, -0.25) is 4.90 Å². The Hall–Kier alpha value is -2.11. The van der Waals surface area contributed by atoms with Gasteiger partial charge < -0.3 is 10.7 Å². The van der Waals surface area contributed by atoms with E-state index in [1.807, 2.05) is 0 Å². The lowest BCUT2D eigenvalue weighted by atomic mass is 10.1. The summed E-state index contributed by atoms with van der Waals surface area (Å²) >= 11 is 1.65. The quantitative estimate of drug-likeness (QED) is 0.777. The van der Waals surface area contributed by atoms with Crippen LogP contribution in [-0.4, -0.2) is 34.5 Å². The maximum Gasteiger partial charge on any atom is 0.180 e. The molecule has 0 aliphatic carbocycles. The number of rotatable bonds is 3. The molecule has 0 atom stereocenters. The van der Waals surface area contributed by atoms with Crippen LogP contribution in [0.25, 0.3) is 17.0 Å². The number of H-pyrrole nitrogens is 1. The van der Waals surface area contributed by atoms with Gasteiger partial charge in [0.05, 0.1) is 5.69 Å². The number of nitrogens with zero attached hydrogens (tertiary/aromatic N) is 2. The van der Waals surface area contributed by atoms with E-state index in [9.17, 15) is 0 Å². The minimum absolute atomic E-state index is 0.711. The number of nitrogen functional groups attached to an aromatic ring is 1. The summed E-state index contributed by atoms with van der Waals surface area (Å²) in [6.07, 6.45) is 8.62. The highest BCUT2D eigenvalue weighted by molar-refractivity contribution is 7.15. The molecular weight excluding hydrogens is 304 g/mol. The maximum absolute atomic E-state index is 5.80. The fourth-order valence-electron chi connectivity index (χ4n) is 3.17. The SMILES string of the molecule is Nc1nc2c(s1)CCN(C/C=C/c1c[nH]c3ccccc13)CC2. The van der Waals surface area contributed by atoms with Crippen molar-refractivity contribution in [1.82, 2.24) is 14.9 Å². The van der Waals surface area contributed by atoms with Gasteiger partial charge in [0.1, 0.15) is 0 Å². The molecule has 0 radical (unpaired) electrons. The number of benzene rings is 1. The van der Waals surface area contributed by atoms with E-state index >= 15 is 0 Å². The number of hydrogen-bond acceptors (Lipinski definition) is 4. The van der Waals surface area contributed by atoms with Crippen LogP contribution in [0, 0.1) is 0 Å². The van der Waals surface area contributed by atoms with E-state index in [0.29, 0.717) is 5.13 Å². The third-order valence-corrected chi connectivity index (χ3v) is 5.38. The van der Waals surface area contributed by atoms with E-state index < -0.39 is 0 Å². The Labute approximate surface area is 139 Å². The third-order valence-electron chi connectivity index (χ3n) is 4.40. The van der Waals surface area contributed by atoms with Crippen molar-refractivity contribution in [2.24, 2.45) is 0 Å². The molecule has 23 heavy (non-hydrogen) atoms. The van der Waals surface area contributed by atoms with Gasteiger partial charge >= 0.3 is 0 Å². The van der Waals surface area contributed by atoms with Gasteiger partial charge in [0.25, 0.3) is 0 Å². The first-order chi connectivity index (χ1) is 11.3. The van der Waals surface area contributed by atoms with E-state index in [1.54, 1.807) is 11.3 Å². The van der Waals surface area contributed by atoms with Crippen LogP contribution in [0.2, 0.25) is 0 Å². The molecule has 1 aliphatic heterocycles. The molecule has 0 saturated carbocycles. The molecule has 3 N–H and O–H groups in total. The highest BCUT2D eigenvalue weighted by Crippen LogP contribution is 2.24. The molecule has 3 aromatic rings. The lowest BCUT2D eigenvalue weighted by Gasteiger charge is -2.17. The molecule has 0 saturated heterocycles. The first-order valence-electron chi connectivity index (χ1n) is 7.98. The number of nitrogens with one attached hydrogen (secondary N) is 1. The van der Waals surface area contributed by atoms with Crippen LogP contribution < -0.4 is 5.73 Å². The summed E-state index contributed by atoms with van der Waals surface area (Å²) in [7, 11) is 0. The van der Waals surface area contributed by atoms with Crippen LogP contribution in [0.3, 0.4) is 0 Å². The number of fused-ring (bicyclic) bond motifs is 2. The second-order valence-corrected chi connectivity index (χ2v) is 7.03. The number of aromatic nitrogens is 2. The average Bonchev–Trinajstić information content (AvgIpc) is 3.08. The van der Waals surface area contributed by atoms with E-state index in [2.05, 4.69) is 57.5 Å². The molecule has 0 amide bonds. The number of aromatic amines is 1. The van der Waals surface area contributed by atoms with Crippen LogP contribution in [0.1, 0.15) is 16.1 Å². The van der Waals surface area contributed by atoms with Gasteiger partial charge in [-0.15, -0.1) is 11.3 Å². The first-order valence-corrected chi connectivity index (χ1v) is 8.80. The average molecular weight is 324 g/mol. The van der Waals surface area contributed by atoms with Crippen LogP contribution in [-0.2, 0) is 12.8 Å². The molecule has 3 heterocycles. The van der Waals surface area contributed by atoms with Crippen LogP contribution in [0.5, 0.6) is 0 Å². The van der Waals surface area contributed by atoms with Crippen LogP contribution >= 0.6 is 11.3 Å². The van der Waals surface area contributed by atoms with E-state index in [4.69, 9.17) is 5.73 Å². The normalized spacial score (nSPS) is 16.0. The summed E-state index contributed by atoms with van der Waals surface area (Å²) in [6, 6.07) is 8.41. The summed E-state index contributed by atoms with van der Waals surface area (Å²) in [6.45, 7) is 3.10. The number of thiazole rings is 1. The van der Waals surface area contributed by atoms with Crippen molar-refractivity contribution < 1.29 is 0 Å². The fraction of sp³-hybridized carbons (Fsp3) is 0.278. The van der Waals surface area contributed by atoms with Crippen molar-refractivity contribution in [3.63, 3.8) is 0 Å². The summed E-state index contributed by atoms with van der Waals surface area (Å²) in [5.41, 5.74) is 9.45. The number of hydrogen-bond donors (Lipinski definition) is 2. The number of para-hydroxylation sites is 1. The van der Waals surface area contributed by atoms with Crippen molar-refractivity contribution in [3.05, 3.63) is 52.7 Å². The molecule has 118 valence electrons. The van der Waals surface area contributed by atoms with Crippen molar-refractivity contribution in [2.75, 3.05) is 25.4 Å². The Bertz CT molecular complexity index is 820. The van der Waals surface area contributed by atoms with Gasteiger partial charge in [-0.2, -0.15) is 0 Å². The zero-order chi connectivity index (χ0) is 15.6. The van der Waals surface area contributed by atoms with E-state index in [-0.39, 0.29) is 0 Å². The lowest BCUT2D eigenvalue weighted by molar-refractivity contribution is 0.318. The standard InChI is InChI=1S/C18H20N4S/c19-18-21-16-7-10-22(11-8-17(16)23-18)9-3-4-13-12-20-15-6-2-1-5-14(13)15/h1-6,12,20H,7-11H2,(H2,19,21)/b4-3+. The van der Waals surface area contributed by atoms with E-state index in [1.165, 1.54) is 27.0 Å². The Balaban J connectivity index is 1.40. The van der Waals surface area contributed by atoms with Crippen LogP contribution in [0.4, 0.5) is 5.13 Å². The second-order valence-electron chi connectivity index (χ2n) is 5.91. The molecule has 4 nitrogen and oxygen atoms in total. The maximum atomic E-state index is 5.80. The molecule has 1 aromatic carbocycles. The Morgan fingerprint density at radius 3 is 3.09 bits per heavy atom. The molecule has 0 fully saturated rings. The molecule has 4 rings (SSSR count). The van der Waals surface area contributed by atoms with Crippen LogP contribution in [0.15, 0.2) is 36.5 Å². The molecule has 0 unspecified atom stereocenters. The zero-order valence-electron chi connectivity index (χ0n) is 13.0. The van der Waals surface area contributed by atoms with Gasteiger partial charge in [-0.1, -0.05) is 30.4 Å². The molecule has 0 spiro atoms. The number of nitrogens with two attached hydrogens (primary N) is 1. The third kappa shape index (κ3) is 3.02. The lowest BCUT2D eigenvalue weighted by Crippen LogP contribution is -2.26. The number of anilines is 1. The highest BCUT2D eigenvalue weighted by atomic mass is 32.1. The summed E-state index contributed by atoms with van der Waals surface area (Å²) in [4.78, 5) is 11.6. The Morgan fingerprint density at radius 2 is 2.13 bits per heavy atom. The smallest absolute Gasteiger partial charge is 0.180 e. The Kier molecular flexibility index (Phi) is 3.89. The second kappa shape index (κ2) is 6.18. The minimum atomic E-state index is 0.711. The molecular formula is C18H20N4S. The van der Waals surface area contributed by atoms with Gasteiger partial charge in [0, 0.05) is 48.0 Å². The van der Waals surface area contributed by atoms with Crippen molar-refractivity contribution in [1.29, 1.82) is 0 Å². The fourth-order valence-corrected chi connectivity index (χ4v) is 4.04. The monoisotopic (exact) mass is 324 g/mol. The van der Waals surface area contributed by atoms with E-state index in [0.717, 1.165) is 32.5 Å². The van der Waals surface area contributed by atoms with Crippen molar-refractivity contribution in [3.8, 4) is 0 Å². The van der Waals surface area contributed by atoms with Crippen molar-refractivity contribution >= 4 is 33.4 Å². The van der Waals surface area contributed by atoms with Gasteiger partial charge in [-0.05, 0) is 18.1 Å². The Morgan fingerprint density at radius 1 is 1.26 bits per heavy atom. The predicted molar refractivity (Wildman–Crippen MR) is 97.7 cm³/mol. The first kappa shape index (κ1) is 14.5. The highest BCUT2D eigenvalue weighted by Gasteiger charge is 2.16. The van der Waals surface area contributed by atoms with Crippen molar-refractivity contribution in [2.45, 2.75) is 12.8 Å². The minimum Gasteiger partial charge on any atom is -0.375 e. The topological polar surface area (TPSA) is 57.9 Å². The molecule has 2 aromatic heterocycles. The zero-order valence-corrected chi connectivity index (χ0v) is 13.8. The molecule has 1 aliphatic rings. The molecule has 5 heteroatoms.